The van der Waals surface area contributed by atoms with Crippen molar-refractivity contribution in [1.29, 1.82) is 0 Å². The number of rotatable bonds is 6. The fourth-order valence-corrected chi connectivity index (χ4v) is 2.16. The highest BCUT2D eigenvalue weighted by atomic mass is 19.3. The lowest BCUT2D eigenvalue weighted by molar-refractivity contribution is -0.0498. The highest BCUT2D eigenvalue weighted by Crippen LogP contribution is 2.22. The van der Waals surface area contributed by atoms with Gasteiger partial charge in [0.25, 0.3) is 0 Å². The molecule has 1 aromatic heterocycles. The molecule has 5 heteroatoms. The summed E-state index contributed by atoms with van der Waals surface area (Å²) >= 11 is 0. The number of hydrogen-bond acceptors (Lipinski definition) is 3. The predicted molar refractivity (Wildman–Crippen MR) is 77.3 cm³/mol. The molecule has 1 unspecified atom stereocenters. The summed E-state index contributed by atoms with van der Waals surface area (Å²) in [5, 5.41) is 3.46. The van der Waals surface area contributed by atoms with Crippen LogP contribution in [-0.2, 0) is 0 Å². The lowest BCUT2D eigenvalue weighted by Crippen LogP contribution is -2.22. The predicted octanol–water partition coefficient (Wildman–Crippen LogP) is 4.09. The van der Waals surface area contributed by atoms with E-state index in [0.29, 0.717) is 0 Å². The van der Waals surface area contributed by atoms with Crippen molar-refractivity contribution >= 4 is 0 Å². The van der Waals surface area contributed by atoms with Gasteiger partial charge in [0.15, 0.2) is 0 Å². The second-order valence-electron chi connectivity index (χ2n) is 4.84. The Bertz CT molecular complexity index is 546. The molecule has 1 N–H and O–H groups in total. The lowest BCUT2D eigenvalue weighted by atomic mass is 10.1. The van der Waals surface area contributed by atoms with Crippen LogP contribution in [0.15, 0.2) is 48.8 Å². The molecule has 0 aliphatic heterocycles. The largest absolute Gasteiger partial charge is 0.435 e. The van der Waals surface area contributed by atoms with Gasteiger partial charge < -0.3 is 10.1 Å². The van der Waals surface area contributed by atoms with Gasteiger partial charge in [-0.15, -0.1) is 0 Å². The first-order valence-corrected chi connectivity index (χ1v) is 6.77. The standard InChI is InChI=1S/C16H18F2N2O/c1-11(20-12(2)14-7-9-19-10-8-14)13-3-5-15(6-4-13)21-16(17)18/h3-12,16,20H,1-2H3/t11?,12-/m1/s1. The average molecular weight is 292 g/mol. The number of benzene rings is 1. The summed E-state index contributed by atoms with van der Waals surface area (Å²) in [5.74, 6) is 0.170. The van der Waals surface area contributed by atoms with Gasteiger partial charge in [0, 0.05) is 24.5 Å². The van der Waals surface area contributed by atoms with E-state index < -0.39 is 6.61 Å². The summed E-state index contributed by atoms with van der Waals surface area (Å²) in [5.41, 5.74) is 2.16. The highest BCUT2D eigenvalue weighted by Gasteiger charge is 2.11. The molecule has 0 spiro atoms. The molecule has 3 nitrogen and oxygen atoms in total. The third-order valence-electron chi connectivity index (χ3n) is 3.31. The van der Waals surface area contributed by atoms with E-state index >= 15 is 0 Å². The average Bonchev–Trinajstić information content (AvgIpc) is 2.48. The number of pyridine rings is 1. The molecule has 0 radical (unpaired) electrons. The van der Waals surface area contributed by atoms with Gasteiger partial charge in [0.2, 0.25) is 0 Å². The second-order valence-corrected chi connectivity index (χ2v) is 4.84. The maximum atomic E-state index is 12.1. The van der Waals surface area contributed by atoms with Crippen molar-refractivity contribution in [1.82, 2.24) is 10.3 Å². The summed E-state index contributed by atoms with van der Waals surface area (Å²) in [6, 6.07) is 10.9. The van der Waals surface area contributed by atoms with Gasteiger partial charge in [-0.1, -0.05) is 12.1 Å². The Hall–Kier alpha value is -2.01. The van der Waals surface area contributed by atoms with Crippen molar-refractivity contribution in [3.63, 3.8) is 0 Å². The Balaban J connectivity index is 1.98. The minimum absolute atomic E-state index is 0.0914. The third-order valence-corrected chi connectivity index (χ3v) is 3.31. The molecular formula is C16H18F2N2O. The van der Waals surface area contributed by atoms with Crippen LogP contribution in [-0.4, -0.2) is 11.6 Å². The number of aromatic nitrogens is 1. The Morgan fingerprint density at radius 1 is 0.905 bits per heavy atom. The maximum absolute atomic E-state index is 12.1. The van der Waals surface area contributed by atoms with Crippen LogP contribution in [0.4, 0.5) is 8.78 Å². The van der Waals surface area contributed by atoms with Crippen LogP contribution in [0.25, 0.3) is 0 Å². The van der Waals surface area contributed by atoms with Crippen LogP contribution < -0.4 is 10.1 Å². The molecule has 2 rings (SSSR count). The highest BCUT2D eigenvalue weighted by molar-refractivity contribution is 5.29. The molecule has 112 valence electrons. The van der Waals surface area contributed by atoms with Crippen molar-refractivity contribution < 1.29 is 13.5 Å². The first-order valence-electron chi connectivity index (χ1n) is 6.77. The van der Waals surface area contributed by atoms with Crippen molar-refractivity contribution in [2.24, 2.45) is 0 Å². The monoisotopic (exact) mass is 292 g/mol. The zero-order chi connectivity index (χ0) is 15.2. The SMILES string of the molecule is CC(N[C@H](C)c1ccncc1)c1ccc(OC(F)F)cc1. The van der Waals surface area contributed by atoms with E-state index in [0.717, 1.165) is 11.1 Å². The van der Waals surface area contributed by atoms with Crippen LogP contribution in [0, 0.1) is 0 Å². The molecular weight excluding hydrogens is 274 g/mol. The van der Waals surface area contributed by atoms with Crippen molar-refractivity contribution in [2.45, 2.75) is 32.5 Å². The number of alkyl halides is 2. The Kier molecular flexibility index (Phi) is 5.22. The van der Waals surface area contributed by atoms with Gasteiger partial charge in [-0.05, 0) is 49.2 Å². The summed E-state index contributed by atoms with van der Waals surface area (Å²) in [7, 11) is 0. The van der Waals surface area contributed by atoms with E-state index in [1.807, 2.05) is 19.1 Å². The summed E-state index contributed by atoms with van der Waals surface area (Å²) in [6.07, 6.45) is 3.52. The zero-order valence-electron chi connectivity index (χ0n) is 12.0. The van der Waals surface area contributed by atoms with Gasteiger partial charge in [0.05, 0.1) is 0 Å². The fraction of sp³-hybridized carbons (Fsp3) is 0.312. The molecule has 0 amide bonds. The van der Waals surface area contributed by atoms with Crippen LogP contribution in [0.2, 0.25) is 0 Å². The first-order chi connectivity index (χ1) is 10.1. The molecule has 2 atom stereocenters. The van der Waals surface area contributed by atoms with Crippen LogP contribution >= 0.6 is 0 Å². The molecule has 21 heavy (non-hydrogen) atoms. The van der Waals surface area contributed by atoms with Gasteiger partial charge in [-0.2, -0.15) is 8.78 Å². The van der Waals surface area contributed by atoms with E-state index in [1.165, 1.54) is 0 Å². The normalized spacial score (nSPS) is 14.0. The quantitative estimate of drug-likeness (QED) is 0.870. The summed E-state index contributed by atoms with van der Waals surface area (Å²) in [4.78, 5) is 4.00. The Morgan fingerprint density at radius 3 is 1.95 bits per heavy atom. The van der Waals surface area contributed by atoms with Crippen molar-refractivity contribution in [3.05, 3.63) is 59.9 Å². The topological polar surface area (TPSA) is 34.2 Å². The van der Waals surface area contributed by atoms with Crippen molar-refractivity contribution in [2.75, 3.05) is 0 Å². The van der Waals surface area contributed by atoms with E-state index in [1.54, 1.807) is 36.7 Å². The molecule has 0 bridgehead atoms. The van der Waals surface area contributed by atoms with Gasteiger partial charge in [-0.25, -0.2) is 0 Å². The van der Waals surface area contributed by atoms with Crippen molar-refractivity contribution in [3.8, 4) is 5.75 Å². The van der Waals surface area contributed by atoms with E-state index in [9.17, 15) is 8.78 Å². The number of nitrogens with zero attached hydrogens (tertiary/aromatic N) is 1. The van der Waals surface area contributed by atoms with E-state index in [4.69, 9.17) is 0 Å². The smallest absolute Gasteiger partial charge is 0.387 e. The van der Waals surface area contributed by atoms with E-state index in [2.05, 4.69) is 22.0 Å². The molecule has 0 aliphatic carbocycles. The number of hydrogen-bond donors (Lipinski definition) is 1. The third kappa shape index (κ3) is 4.49. The van der Waals surface area contributed by atoms with Crippen LogP contribution in [0.1, 0.15) is 37.1 Å². The van der Waals surface area contributed by atoms with E-state index in [-0.39, 0.29) is 17.8 Å². The minimum Gasteiger partial charge on any atom is -0.435 e. The molecule has 0 fully saturated rings. The molecule has 0 saturated carbocycles. The fourth-order valence-electron chi connectivity index (χ4n) is 2.16. The summed E-state index contributed by atoms with van der Waals surface area (Å²) < 4.78 is 28.5. The second kappa shape index (κ2) is 7.13. The zero-order valence-corrected chi connectivity index (χ0v) is 12.0. The number of nitrogens with one attached hydrogen (secondary N) is 1. The Morgan fingerprint density at radius 2 is 1.43 bits per heavy atom. The lowest BCUT2D eigenvalue weighted by Gasteiger charge is -2.21. The van der Waals surface area contributed by atoms with Gasteiger partial charge in [0.1, 0.15) is 5.75 Å². The van der Waals surface area contributed by atoms with Crippen LogP contribution in [0.3, 0.4) is 0 Å². The number of ether oxygens (including phenoxy) is 1. The molecule has 1 aromatic carbocycles. The maximum Gasteiger partial charge on any atom is 0.387 e. The summed E-state index contributed by atoms with van der Waals surface area (Å²) in [6.45, 7) is 1.30. The Labute approximate surface area is 123 Å². The van der Waals surface area contributed by atoms with Gasteiger partial charge >= 0.3 is 6.61 Å². The van der Waals surface area contributed by atoms with Crippen LogP contribution in [0.5, 0.6) is 5.75 Å². The molecule has 1 heterocycles. The number of halogens is 2. The first kappa shape index (κ1) is 15.4. The minimum atomic E-state index is -2.79. The molecule has 2 aromatic rings. The van der Waals surface area contributed by atoms with Gasteiger partial charge in [-0.3, -0.25) is 4.98 Å². The molecule has 0 saturated heterocycles. The molecule has 0 aliphatic rings.